The molecule has 1 aromatic heterocycles. The zero-order valence-electron chi connectivity index (χ0n) is 16.6. The fourth-order valence-electron chi connectivity index (χ4n) is 3.87. The second-order valence-electron chi connectivity index (χ2n) is 7.49. The maximum absolute atomic E-state index is 12.6. The summed E-state index contributed by atoms with van der Waals surface area (Å²) in [6.45, 7) is 3.14. The van der Waals surface area contributed by atoms with Crippen LogP contribution >= 0.6 is 0 Å². The van der Waals surface area contributed by atoms with Gasteiger partial charge in [-0.2, -0.15) is 0 Å². The first-order valence-corrected chi connectivity index (χ1v) is 9.84. The van der Waals surface area contributed by atoms with Crippen molar-refractivity contribution in [1.29, 1.82) is 0 Å². The molecule has 2 aliphatic rings. The third-order valence-corrected chi connectivity index (χ3v) is 5.40. The second-order valence-corrected chi connectivity index (χ2v) is 7.49. The molecule has 9 nitrogen and oxygen atoms in total. The van der Waals surface area contributed by atoms with Crippen LogP contribution in [-0.2, 0) is 16.1 Å². The van der Waals surface area contributed by atoms with Crippen LogP contribution in [0.4, 0.5) is 16.2 Å². The van der Waals surface area contributed by atoms with E-state index in [0.29, 0.717) is 29.1 Å². The van der Waals surface area contributed by atoms with Crippen LogP contribution in [0, 0.1) is 0 Å². The summed E-state index contributed by atoms with van der Waals surface area (Å²) < 4.78 is 0. The number of nitrogens with one attached hydrogen (secondary N) is 5. The van der Waals surface area contributed by atoms with Gasteiger partial charge in [0.2, 0.25) is 5.91 Å². The van der Waals surface area contributed by atoms with E-state index < -0.39 is 6.03 Å². The topological polar surface area (TPSA) is 141 Å². The summed E-state index contributed by atoms with van der Waals surface area (Å²) in [5, 5.41) is 11.5. The molecule has 3 heterocycles. The van der Waals surface area contributed by atoms with Gasteiger partial charge in [0.05, 0.1) is 11.6 Å². The van der Waals surface area contributed by atoms with E-state index in [-0.39, 0.29) is 17.9 Å². The number of fused-ring (bicyclic) bond motifs is 1. The van der Waals surface area contributed by atoms with Gasteiger partial charge in [0.1, 0.15) is 0 Å². The maximum Gasteiger partial charge on any atom is 0.316 e. The predicted molar refractivity (Wildman–Crippen MR) is 114 cm³/mol. The van der Waals surface area contributed by atoms with Crippen LogP contribution in [0.3, 0.4) is 0 Å². The Morgan fingerprint density at radius 3 is 2.83 bits per heavy atom. The molecule has 1 fully saturated rings. The average Bonchev–Trinajstić information content (AvgIpc) is 3.44. The molecule has 0 aliphatic carbocycles. The molecule has 2 aliphatic heterocycles. The minimum Gasteiger partial charge on any atom is -0.361 e. The lowest BCUT2D eigenvalue weighted by atomic mass is 9.99. The second kappa shape index (κ2) is 8.03. The van der Waals surface area contributed by atoms with Gasteiger partial charge in [-0.1, -0.05) is 0 Å². The Labute approximate surface area is 173 Å². The fraction of sp³-hybridized carbons (Fsp3) is 0.286. The zero-order chi connectivity index (χ0) is 21.3. The van der Waals surface area contributed by atoms with Gasteiger partial charge >= 0.3 is 6.03 Å². The zero-order valence-corrected chi connectivity index (χ0v) is 16.6. The molecule has 0 radical (unpaired) electrons. The van der Waals surface area contributed by atoms with Crippen molar-refractivity contribution in [2.24, 2.45) is 5.73 Å². The van der Waals surface area contributed by atoms with Crippen LogP contribution in [0.1, 0.15) is 36.6 Å². The van der Waals surface area contributed by atoms with Crippen molar-refractivity contribution in [1.82, 2.24) is 15.6 Å². The number of allylic oxidation sites excluding steroid dienone is 1. The number of amides is 4. The van der Waals surface area contributed by atoms with E-state index in [1.54, 1.807) is 18.2 Å². The first-order chi connectivity index (χ1) is 14.4. The van der Waals surface area contributed by atoms with Crippen LogP contribution in [0.5, 0.6) is 0 Å². The van der Waals surface area contributed by atoms with Gasteiger partial charge < -0.3 is 32.0 Å². The van der Waals surface area contributed by atoms with Crippen LogP contribution in [0.2, 0.25) is 0 Å². The summed E-state index contributed by atoms with van der Waals surface area (Å²) in [5.74, 6) is -0.209. The third kappa shape index (κ3) is 3.92. The Morgan fingerprint density at radius 2 is 2.10 bits per heavy atom. The Balaban J connectivity index is 1.54. The van der Waals surface area contributed by atoms with Crippen molar-refractivity contribution in [3.63, 3.8) is 0 Å². The molecule has 1 atom stereocenters. The fourth-order valence-corrected chi connectivity index (χ4v) is 3.87. The van der Waals surface area contributed by atoms with E-state index in [0.717, 1.165) is 36.2 Å². The summed E-state index contributed by atoms with van der Waals surface area (Å²) in [6.07, 6.45) is 3.69. The lowest BCUT2D eigenvalue weighted by Crippen LogP contribution is -2.39. The number of anilines is 2. The molecule has 9 heteroatoms. The largest absolute Gasteiger partial charge is 0.361 e. The van der Waals surface area contributed by atoms with E-state index in [1.807, 2.05) is 19.2 Å². The minimum absolute atomic E-state index is 0.00362. The van der Waals surface area contributed by atoms with Gasteiger partial charge in [0.25, 0.3) is 5.91 Å². The van der Waals surface area contributed by atoms with Crippen LogP contribution in [0.25, 0.3) is 11.1 Å². The van der Waals surface area contributed by atoms with Gasteiger partial charge in [-0.15, -0.1) is 0 Å². The average molecular weight is 408 g/mol. The molecule has 7 N–H and O–H groups in total. The van der Waals surface area contributed by atoms with E-state index >= 15 is 0 Å². The van der Waals surface area contributed by atoms with Gasteiger partial charge in [-0.3, -0.25) is 9.59 Å². The van der Waals surface area contributed by atoms with Crippen molar-refractivity contribution in [3.8, 4) is 0 Å². The molecule has 1 saturated heterocycles. The van der Waals surface area contributed by atoms with Crippen molar-refractivity contribution in [2.45, 2.75) is 32.4 Å². The first-order valence-electron chi connectivity index (χ1n) is 9.84. The number of benzene rings is 1. The summed E-state index contributed by atoms with van der Waals surface area (Å²) in [5.41, 5.74) is 10.1. The molecule has 30 heavy (non-hydrogen) atoms. The quantitative estimate of drug-likeness (QED) is 0.419. The number of aromatic amines is 1. The molecule has 156 valence electrons. The standard InChI is InChI=1S/C21H24N6O3/c1-11(17-7-12(9-24-17)10-25-19(28)16-3-2-6-23-16)18-14-8-13(26-21(22)30)4-5-15(14)27-20(18)29/h4-5,7-9,16,23-24H,2-3,6,10H2,1H3,(H,25,28)(H,27,29)(H3,22,26,30)/b18-11+. The van der Waals surface area contributed by atoms with Gasteiger partial charge in [0, 0.05) is 35.4 Å². The molecule has 0 bridgehead atoms. The monoisotopic (exact) mass is 408 g/mol. The maximum atomic E-state index is 12.6. The number of rotatable bonds is 5. The summed E-state index contributed by atoms with van der Waals surface area (Å²) >= 11 is 0. The molecule has 0 spiro atoms. The summed E-state index contributed by atoms with van der Waals surface area (Å²) in [6, 6.07) is 6.26. The smallest absolute Gasteiger partial charge is 0.316 e. The van der Waals surface area contributed by atoms with Crippen LogP contribution < -0.4 is 27.0 Å². The highest BCUT2D eigenvalue weighted by atomic mass is 16.2. The Bertz CT molecular complexity index is 1050. The van der Waals surface area contributed by atoms with Gasteiger partial charge in [0.15, 0.2) is 0 Å². The van der Waals surface area contributed by atoms with Crippen LogP contribution in [0.15, 0.2) is 30.5 Å². The number of primary amides is 1. The van der Waals surface area contributed by atoms with Crippen LogP contribution in [-0.4, -0.2) is 35.4 Å². The van der Waals surface area contributed by atoms with Gasteiger partial charge in [-0.05, 0) is 61.7 Å². The van der Waals surface area contributed by atoms with E-state index in [9.17, 15) is 14.4 Å². The lowest BCUT2D eigenvalue weighted by molar-refractivity contribution is -0.123. The Kier molecular flexibility index (Phi) is 5.28. The van der Waals surface area contributed by atoms with Gasteiger partial charge in [-0.25, -0.2) is 4.79 Å². The first kappa shape index (κ1) is 19.7. The lowest BCUT2D eigenvalue weighted by Gasteiger charge is -2.10. The third-order valence-electron chi connectivity index (χ3n) is 5.40. The predicted octanol–water partition coefficient (Wildman–Crippen LogP) is 1.76. The van der Waals surface area contributed by atoms with Crippen molar-refractivity contribution in [2.75, 3.05) is 17.2 Å². The number of hydrogen-bond acceptors (Lipinski definition) is 4. The number of aromatic nitrogens is 1. The number of urea groups is 1. The number of carbonyl (C=O) groups excluding carboxylic acids is 3. The molecular formula is C21H24N6O3. The summed E-state index contributed by atoms with van der Waals surface area (Å²) in [4.78, 5) is 39.1. The van der Waals surface area contributed by atoms with Crippen molar-refractivity contribution < 1.29 is 14.4 Å². The van der Waals surface area contributed by atoms with E-state index in [2.05, 4.69) is 26.3 Å². The number of nitrogens with two attached hydrogens (primary N) is 1. The Hall–Kier alpha value is -3.59. The normalized spacial score (nSPS) is 19.2. The summed E-state index contributed by atoms with van der Waals surface area (Å²) in [7, 11) is 0. The SMILES string of the molecule is C/C(=C1\C(=O)Nc2ccc(NC(N)=O)cc21)c1cc(CNC(=O)C2CCCN2)c[nH]1. The number of H-pyrrole nitrogens is 1. The molecule has 2 aromatic rings. The van der Waals surface area contributed by atoms with E-state index in [1.165, 1.54) is 0 Å². The van der Waals surface area contributed by atoms with Crippen molar-refractivity contribution in [3.05, 3.63) is 47.3 Å². The molecule has 1 unspecified atom stereocenters. The molecule has 4 amide bonds. The minimum atomic E-state index is -0.668. The molecule has 4 rings (SSSR count). The molecule has 1 aromatic carbocycles. The number of carbonyl (C=O) groups is 3. The highest BCUT2D eigenvalue weighted by Crippen LogP contribution is 2.38. The number of hydrogen-bond donors (Lipinski definition) is 6. The van der Waals surface area contributed by atoms with E-state index in [4.69, 9.17) is 5.73 Å². The van der Waals surface area contributed by atoms with Crippen molar-refractivity contribution >= 4 is 40.4 Å². The molecule has 0 saturated carbocycles. The highest BCUT2D eigenvalue weighted by Gasteiger charge is 2.27. The molecular weight excluding hydrogens is 384 g/mol. The Morgan fingerprint density at radius 1 is 1.27 bits per heavy atom. The highest BCUT2D eigenvalue weighted by molar-refractivity contribution is 6.36.